The average Bonchev–Trinajstić information content (AvgIpc) is 2.93. The molecule has 2 atom stereocenters. The first-order valence-electron chi connectivity index (χ1n) is 6.55. The van der Waals surface area contributed by atoms with Gasteiger partial charge in [0.25, 0.3) is 0 Å². The average molecular weight is 264 g/mol. The Labute approximate surface area is 111 Å². The van der Waals surface area contributed by atoms with Gasteiger partial charge in [-0.1, -0.05) is 0 Å². The Balaban J connectivity index is 1.85. The van der Waals surface area contributed by atoms with E-state index in [0.29, 0.717) is 12.0 Å². The maximum Gasteiger partial charge on any atom is 0.121 e. The van der Waals surface area contributed by atoms with Gasteiger partial charge in [-0.05, 0) is 44.8 Å². The zero-order chi connectivity index (χ0) is 12.7. The first kappa shape index (κ1) is 12.1. The molecule has 0 bridgehead atoms. The van der Waals surface area contributed by atoms with Crippen molar-refractivity contribution in [1.82, 2.24) is 15.1 Å². The van der Waals surface area contributed by atoms with Crippen LogP contribution in [0.1, 0.15) is 29.5 Å². The molecular formula is C13H20N4S. The first-order valence-corrected chi connectivity index (χ1v) is 7.37. The SMILES string of the molecule is Cc1nn(C)c2sc(C3CCC(CN)CN3)cc12. The largest absolute Gasteiger partial charge is 0.330 e. The van der Waals surface area contributed by atoms with Gasteiger partial charge >= 0.3 is 0 Å². The molecule has 0 saturated carbocycles. The molecule has 5 heteroatoms. The monoisotopic (exact) mass is 264 g/mol. The van der Waals surface area contributed by atoms with E-state index in [-0.39, 0.29) is 0 Å². The summed E-state index contributed by atoms with van der Waals surface area (Å²) < 4.78 is 1.99. The van der Waals surface area contributed by atoms with Crippen LogP contribution in [0.3, 0.4) is 0 Å². The van der Waals surface area contributed by atoms with Gasteiger partial charge in [-0.3, -0.25) is 4.68 Å². The number of piperidine rings is 1. The van der Waals surface area contributed by atoms with Crippen molar-refractivity contribution in [1.29, 1.82) is 0 Å². The van der Waals surface area contributed by atoms with Gasteiger partial charge in [0.2, 0.25) is 0 Å². The molecule has 0 radical (unpaired) electrons. The third-order valence-electron chi connectivity index (χ3n) is 3.91. The zero-order valence-corrected chi connectivity index (χ0v) is 11.8. The van der Waals surface area contributed by atoms with Crippen LogP contribution in [-0.4, -0.2) is 22.9 Å². The number of nitrogens with zero attached hydrogens (tertiary/aromatic N) is 2. The van der Waals surface area contributed by atoms with E-state index in [0.717, 1.165) is 18.8 Å². The van der Waals surface area contributed by atoms with Crippen molar-refractivity contribution in [2.24, 2.45) is 18.7 Å². The number of hydrogen-bond acceptors (Lipinski definition) is 4. The molecule has 0 amide bonds. The molecule has 1 aliphatic heterocycles. The summed E-state index contributed by atoms with van der Waals surface area (Å²) in [4.78, 5) is 2.72. The van der Waals surface area contributed by atoms with Gasteiger partial charge in [-0.25, -0.2) is 0 Å². The molecule has 3 N–H and O–H groups in total. The zero-order valence-electron chi connectivity index (χ0n) is 10.9. The Morgan fingerprint density at radius 2 is 2.39 bits per heavy atom. The highest BCUT2D eigenvalue weighted by molar-refractivity contribution is 7.18. The van der Waals surface area contributed by atoms with E-state index in [2.05, 4.69) is 23.4 Å². The minimum Gasteiger partial charge on any atom is -0.330 e. The quantitative estimate of drug-likeness (QED) is 0.871. The summed E-state index contributed by atoms with van der Waals surface area (Å²) in [7, 11) is 2.02. The molecule has 1 fully saturated rings. The van der Waals surface area contributed by atoms with E-state index in [1.807, 2.05) is 23.1 Å². The number of aromatic nitrogens is 2. The molecule has 4 nitrogen and oxygen atoms in total. The fourth-order valence-electron chi connectivity index (χ4n) is 2.76. The highest BCUT2D eigenvalue weighted by Crippen LogP contribution is 2.35. The number of rotatable bonds is 2. The van der Waals surface area contributed by atoms with E-state index in [9.17, 15) is 0 Å². The van der Waals surface area contributed by atoms with Crippen LogP contribution in [0.5, 0.6) is 0 Å². The molecule has 2 unspecified atom stereocenters. The Morgan fingerprint density at radius 1 is 1.56 bits per heavy atom. The second-order valence-corrected chi connectivity index (χ2v) is 6.28. The van der Waals surface area contributed by atoms with Gasteiger partial charge in [0, 0.05) is 23.4 Å². The van der Waals surface area contributed by atoms with Crippen molar-refractivity contribution in [2.75, 3.05) is 13.1 Å². The number of nitrogens with two attached hydrogens (primary N) is 1. The smallest absolute Gasteiger partial charge is 0.121 e. The normalized spacial score (nSPS) is 24.8. The Hall–Kier alpha value is -0.910. The lowest BCUT2D eigenvalue weighted by Gasteiger charge is -2.28. The van der Waals surface area contributed by atoms with Crippen LogP contribution >= 0.6 is 11.3 Å². The number of fused-ring (bicyclic) bond motifs is 1. The van der Waals surface area contributed by atoms with Crippen molar-refractivity contribution >= 4 is 21.6 Å². The van der Waals surface area contributed by atoms with Crippen molar-refractivity contribution in [2.45, 2.75) is 25.8 Å². The van der Waals surface area contributed by atoms with Crippen LogP contribution in [0.2, 0.25) is 0 Å². The van der Waals surface area contributed by atoms with Crippen LogP contribution < -0.4 is 11.1 Å². The van der Waals surface area contributed by atoms with Crippen LogP contribution in [0.15, 0.2) is 6.07 Å². The molecule has 18 heavy (non-hydrogen) atoms. The van der Waals surface area contributed by atoms with Crippen molar-refractivity contribution in [3.8, 4) is 0 Å². The maximum atomic E-state index is 5.72. The Morgan fingerprint density at radius 3 is 3.00 bits per heavy atom. The van der Waals surface area contributed by atoms with Gasteiger partial charge in [0.15, 0.2) is 0 Å². The van der Waals surface area contributed by atoms with Crippen molar-refractivity contribution in [3.05, 3.63) is 16.6 Å². The summed E-state index contributed by atoms with van der Waals surface area (Å²) in [6, 6.07) is 2.81. The molecule has 2 aromatic rings. The summed E-state index contributed by atoms with van der Waals surface area (Å²) in [6.45, 7) is 3.93. The van der Waals surface area contributed by atoms with Crippen molar-refractivity contribution < 1.29 is 0 Å². The second-order valence-electron chi connectivity index (χ2n) is 5.22. The fraction of sp³-hybridized carbons (Fsp3) is 0.615. The lowest BCUT2D eigenvalue weighted by Crippen LogP contribution is -2.36. The molecule has 3 rings (SSSR count). The standard InChI is InChI=1S/C13H20N4S/c1-8-10-5-12(18-13(10)17(2)16-8)11-4-3-9(6-14)7-15-11/h5,9,11,15H,3-4,6-7,14H2,1-2H3. The van der Waals surface area contributed by atoms with Crippen LogP contribution in [0.25, 0.3) is 10.2 Å². The topological polar surface area (TPSA) is 55.9 Å². The van der Waals surface area contributed by atoms with E-state index in [1.165, 1.54) is 27.9 Å². The number of hydrogen-bond donors (Lipinski definition) is 2. The van der Waals surface area contributed by atoms with Gasteiger partial charge in [-0.15, -0.1) is 11.3 Å². The molecule has 3 heterocycles. The minimum atomic E-state index is 0.504. The number of thiophene rings is 1. The van der Waals surface area contributed by atoms with E-state index in [1.54, 1.807) is 0 Å². The van der Waals surface area contributed by atoms with Crippen LogP contribution in [0, 0.1) is 12.8 Å². The summed E-state index contributed by atoms with van der Waals surface area (Å²) in [6.07, 6.45) is 2.43. The first-order chi connectivity index (χ1) is 8.69. The van der Waals surface area contributed by atoms with E-state index in [4.69, 9.17) is 5.73 Å². The van der Waals surface area contributed by atoms with Gasteiger partial charge in [0.05, 0.1) is 5.69 Å². The molecule has 1 saturated heterocycles. The molecule has 0 aromatic carbocycles. The Bertz CT molecular complexity index is 514. The van der Waals surface area contributed by atoms with Gasteiger partial charge < -0.3 is 11.1 Å². The summed E-state index contributed by atoms with van der Waals surface area (Å²) in [5, 5.41) is 9.38. The lowest BCUT2D eigenvalue weighted by atomic mass is 9.94. The minimum absolute atomic E-state index is 0.504. The van der Waals surface area contributed by atoms with E-state index >= 15 is 0 Å². The van der Waals surface area contributed by atoms with Crippen molar-refractivity contribution in [3.63, 3.8) is 0 Å². The van der Waals surface area contributed by atoms with Gasteiger partial charge in [-0.2, -0.15) is 5.10 Å². The highest BCUT2D eigenvalue weighted by Gasteiger charge is 2.23. The third-order valence-corrected chi connectivity index (χ3v) is 5.22. The number of aryl methyl sites for hydroxylation is 2. The molecule has 0 aliphatic carbocycles. The lowest BCUT2D eigenvalue weighted by molar-refractivity contribution is 0.323. The van der Waals surface area contributed by atoms with Crippen LogP contribution in [-0.2, 0) is 7.05 Å². The molecular weight excluding hydrogens is 244 g/mol. The van der Waals surface area contributed by atoms with Crippen LogP contribution in [0.4, 0.5) is 0 Å². The highest BCUT2D eigenvalue weighted by atomic mass is 32.1. The van der Waals surface area contributed by atoms with E-state index < -0.39 is 0 Å². The fourth-order valence-corrected chi connectivity index (χ4v) is 3.99. The third kappa shape index (κ3) is 1.96. The predicted molar refractivity (Wildman–Crippen MR) is 75.9 cm³/mol. The summed E-state index contributed by atoms with van der Waals surface area (Å²) >= 11 is 1.87. The molecule has 0 spiro atoms. The van der Waals surface area contributed by atoms with Gasteiger partial charge in [0.1, 0.15) is 4.83 Å². The predicted octanol–water partition coefficient (Wildman–Crippen LogP) is 1.94. The molecule has 98 valence electrons. The summed E-state index contributed by atoms with van der Waals surface area (Å²) in [5.74, 6) is 0.652. The summed E-state index contributed by atoms with van der Waals surface area (Å²) in [5.41, 5.74) is 6.85. The number of nitrogens with one attached hydrogen (secondary N) is 1. The maximum absolute atomic E-state index is 5.72. The Kier molecular flexibility index (Phi) is 3.13. The second kappa shape index (κ2) is 4.64. The molecule has 1 aliphatic rings. The molecule has 2 aromatic heterocycles.